The van der Waals surface area contributed by atoms with Crippen LogP contribution >= 0.6 is 34.4 Å². The Hall–Kier alpha value is -2.22. The monoisotopic (exact) mass is 397 g/mol. The second-order valence-electron chi connectivity index (χ2n) is 5.65. The summed E-state index contributed by atoms with van der Waals surface area (Å²) in [5.41, 5.74) is 1.24. The lowest BCUT2D eigenvalue weighted by atomic mass is 10.2. The molecule has 0 saturated carbocycles. The van der Waals surface area contributed by atoms with Gasteiger partial charge in [0.1, 0.15) is 0 Å². The first-order valence-electron chi connectivity index (χ1n) is 8.04. The van der Waals surface area contributed by atoms with Gasteiger partial charge in [0, 0.05) is 9.95 Å². The Labute approximate surface area is 163 Å². The SMILES string of the molecule is C[C@@H](Sc1nnc(NC(=O)c2cc3ccccc3s2)s1)c1ccccc1. The molecule has 7 heteroatoms. The maximum absolute atomic E-state index is 12.5. The molecule has 4 aromatic rings. The summed E-state index contributed by atoms with van der Waals surface area (Å²) >= 11 is 4.52. The van der Waals surface area contributed by atoms with Crippen LogP contribution in [0.1, 0.15) is 27.4 Å². The van der Waals surface area contributed by atoms with Gasteiger partial charge in [-0.1, -0.05) is 71.6 Å². The Morgan fingerprint density at radius 1 is 1.04 bits per heavy atom. The van der Waals surface area contributed by atoms with Crippen molar-refractivity contribution in [2.45, 2.75) is 16.5 Å². The number of benzene rings is 2. The van der Waals surface area contributed by atoms with Crippen LogP contribution in [0.3, 0.4) is 0 Å². The minimum Gasteiger partial charge on any atom is -0.296 e. The number of nitrogens with one attached hydrogen (secondary N) is 1. The van der Waals surface area contributed by atoms with Gasteiger partial charge in [-0.25, -0.2) is 0 Å². The fourth-order valence-corrected chi connectivity index (χ4v) is 5.48. The highest BCUT2D eigenvalue weighted by atomic mass is 32.2. The van der Waals surface area contributed by atoms with Gasteiger partial charge in [-0.2, -0.15) is 0 Å². The predicted octanol–water partition coefficient (Wildman–Crippen LogP) is 5.86. The molecule has 0 saturated heterocycles. The van der Waals surface area contributed by atoms with E-state index in [-0.39, 0.29) is 11.2 Å². The summed E-state index contributed by atoms with van der Waals surface area (Å²) < 4.78 is 1.94. The van der Waals surface area contributed by atoms with Crippen molar-refractivity contribution in [2.75, 3.05) is 5.32 Å². The number of hydrogen-bond acceptors (Lipinski definition) is 6. The molecule has 0 spiro atoms. The molecule has 2 aromatic carbocycles. The van der Waals surface area contributed by atoms with E-state index in [9.17, 15) is 4.79 Å². The van der Waals surface area contributed by atoms with E-state index in [2.05, 4.69) is 34.6 Å². The number of anilines is 1. The largest absolute Gasteiger partial charge is 0.296 e. The van der Waals surface area contributed by atoms with Crippen LogP contribution in [0, 0.1) is 0 Å². The number of fused-ring (bicyclic) bond motifs is 1. The number of amides is 1. The van der Waals surface area contributed by atoms with E-state index in [1.165, 1.54) is 28.2 Å². The molecular formula is C19H15N3OS3. The van der Waals surface area contributed by atoms with Gasteiger partial charge in [-0.15, -0.1) is 21.5 Å². The van der Waals surface area contributed by atoms with Crippen molar-refractivity contribution in [3.05, 3.63) is 71.1 Å². The first-order valence-corrected chi connectivity index (χ1v) is 10.6. The molecule has 0 aliphatic rings. The number of rotatable bonds is 5. The number of carbonyl (C=O) groups is 1. The van der Waals surface area contributed by atoms with Crippen molar-refractivity contribution in [1.82, 2.24) is 10.2 Å². The summed E-state index contributed by atoms with van der Waals surface area (Å²) in [5, 5.41) is 13.0. The first-order chi connectivity index (χ1) is 12.7. The van der Waals surface area contributed by atoms with Crippen LogP contribution in [0.4, 0.5) is 5.13 Å². The van der Waals surface area contributed by atoms with Crippen LogP contribution in [-0.4, -0.2) is 16.1 Å². The van der Waals surface area contributed by atoms with E-state index >= 15 is 0 Å². The van der Waals surface area contributed by atoms with Crippen LogP contribution < -0.4 is 5.32 Å². The van der Waals surface area contributed by atoms with Gasteiger partial charge in [0.15, 0.2) is 4.34 Å². The molecule has 0 fully saturated rings. The van der Waals surface area contributed by atoms with Gasteiger partial charge in [-0.3, -0.25) is 10.1 Å². The van der Waals surface area contributed by atoms with Crippen LogP contribution in [0.2, 0.25) is 0 Å². The minimum atomic E-state index is -0.144. The lowest BCUT2D eigenvalue weighted by Crippen LogP contribution is -2.09. The summed E-state index contributed by atoms with van der Waals surface area (Å²) in [7, 11) is 0. The molecule has 4 nitrogen and oxygen atoms in total. The van der Waals surface area contributed by atoms with Gasteiger partial charge >= 0.3 is 0 Å². The number of hydrogen-bond donors (Lipinski definition) is 1. The molecule has 0 bridgehead atoms. The third kappa shape index (κ3) is 3.80. The van der Waals surface area contributed by atoms with E-state index in [1.807, 2.05) is 48.5 Å². The normalized spacial score (nSPS) is 12.2. The van der Waals surface area contributed by atoms with E-state index in [0.29, 0.717) is 10.0 Å². The van der Waals surface area contributed by atoms with Crippen molar-refractivity contribution in [1.29, 1.82) is 0 Å². The van der Waals surface area contributed by atoms with Crippen molar-refractivity contribution in [2.24, 2.45) is 0 Å². The van der Waals surface area contributed by atoms with Gasteiger partial charge in [0.25, 0.3) is 5.91 Å². The highest BCUT2D eigenvalue weighted by Gasteiger charge is 2.15. The lowest BCUT2D eigenvalue weighted by molar-refractivity contribution is 0.103. The smallest absolute Gasteiger partial charge is 0.267 e. The molecular weight excluding hydrogens is 382 g/mol. The zero-order valence-corrected chi connectivity index (χ0v) is 16.3. The summed E-state index contributed by atoms with van der Waals surface area (Å²) in [6, 6.07) is 20.1. The Morgan fingerprint density at radius 2 is 1.81 bits per heavy atom. The number of thioether (sulfide) groups is 1. The molecule has 0 radical (unpaired) electrons. The topological polar surface area (TPSA) is 54.9 Å². The average Bonchev–Trinajstić information content (AvgIpc) is 3.29. The highest BCUT2D eigenvalue weighted by Crippen LogP contribution is 2.37. The minimum absolute atomic E-state index is 0.144. The van der Waals surface area contributed by atoms with Crippen molar-refractivity contribution < 1.29 is 4.79 Å². The lowest BCUT2D eigenvalue weighted by Gasteiger charge is -2.08. The van der Waals surface area contributed by atoms with Gasteiger partial charge in [0.2, 0.25) is 5.13 Å². The van der Waals surface area contributed by atoms with Crippen LogP contribution in [0.5, 0.6) is 0 Å². The standard InChI is InChI=1S/C19H15N3OS3/c1-12(13-7-3-2-4-8-13)24-19-22-21-18(26-19)20-17(23)16-11-14-9-5-6-10-15(14)25-16/h2-12H,1H3,(H,20,21,23)/t12-/m1/s1. The van der Waals surface area contributed by atoms with E-state index in [4.69, 9.17) is 0 Å². The van der Waals surface area contributed by atoms with E-state index in [0.717, 1.165) is 14.4 Å². The summed E-state index contributed by atoms with van der Waals surface area (Å²) in [4.78, 5) is 13.1. The number of thiophene rings is 1. The average molecular weight is 398 g/mol. The molecule has 0 aliphatic carbocycles. The van der Waals surface area contributed by atoms with Crippen LogP contribution in [-0.2, 0) is 0 Å². The molecule has 1 amide bonds. The van der Waals surface area contributed by atoms with Gasteiger partial charge < -0.3 is 0 Å². The summed E-state index contributed by atoms with van der Waals surface area (Å²) in [5.74, 6) is -0.144. The quantitative estimate of drug-likeness (QED) is 0.339. The predicted molar refractivity (Wildman–Crippen MR) is 110 cm³/mol. The fourth-order valence-electron chi connectivity index (χ4n) is 2.50. The van der Waals surface area contributed by atoms with Crippen LogP contribution in [0.15, 0.2) is 65.0 Å². The van der Waals surface area contributed by atoms with Crippen molar-refractivity contribution in [3.8, 4) is 0 Å². The number of aromatic nitrogens is 2. The molecule has 1 N–H and O–H groups in total. The van der Waals surface area contributed by atoms with E-state index in [1.54, 1.807) is 11.8 Å². The third-order valence-corrected chi connectivity index (χ3v) is 7.02. The second-order valence-corrected chi connectivity index (χ2v) is 9.30. The molecule has 2 aromatic heterocycles. The number of nitrogens with zero attached hydrogens (tertiary/aromatic N) is 2. The third-order valence-electron chi connectivity index (χ3n) is 3.82. The molecule has 26 heavy (non-hydrogen) atoms. The maximum Gasteiger partial charge on any atom is 0.267 e. The van der Waals surface area contributed by atoms with Gasteiger partial charge in [0.05, 0.1) is 4.88 Å². The van der Waals surface area contributed by atoms with E-state index < -0.39 is 0 Å². The Bertz CT molecular complexity index is 1010. The molecule has 1 atom stereocenters. The molecule has 0 aliphatic heterocycles. The summed E-state index contributed by atoms with van der Waals surface area (Å²) in [6.45, 7) is 2.14. The first kappa shape index (κ1) is 17.2. The molecule has 4 rings (SSSR count). The Kier molecular flexibility index (Phi) is 5.01. The van der Waals surface area contributed by atoms with Gasteiger partial charge in [-0.05, 0) is 30.0 Å². The number of carbonyl (C=O) groups excluding carboxylic acids is 1. The Balaban J connectivity index is 1.43. The maximum atomic E-state index is 12.5. The van der Waals surface area contributed by atoms with Crippen LogP contribution in [0.25, 0.3) is 10.1 Å². The molecule has 130 valence electrons. The molecule has 0 unspecified atom stereocenters. The Morgan fingerprint density at radius 3 is 2.62 bits per heavy atom. The van der Waals surface area contributed by atoms with Crippen molar-refractivity contribution in [3.63, 3.8) is 0 Å². The second kappa shape index (κ2) is 7.57. The fraction of sp³-hybridized carbons (Fsp3) is 0.105. The zero-order chi connectivity index (χ0) is 17.9. The zero-order valence-electron chi connectivity index (χ0n) is 13.9. The van der Waals surface area contributed by atoms with Crippen molar-refractivity contribution >= 4 is 55.6 Å². The highest BCUT2D eigenvalue weighted by molar-refractivity contribution is 8.01. The summed E-state index contributed by atoms with van der Waals surface area (Å²) in [6.07, 6.45) is 0. The molecule has 2 heterocycles.